The lowest BCUT2D eigenvalue weighted by Gasteiger charge is -2.27. The predicted octanol–water partition coefficient (Wildman–Crippen LogP) is 1.87. The molecule has 0 atom stereocenters. The number of hydrogen-bond donors (Lipinski definition) is 1. The van der Waals surface area contributed by atoms with Crippen LogP contribution < -0.4 is 5.73 Å². The van der Waals surface area contributed by atoms with Crippen LogP contribution in [-0.2, 0) is 6.54 Å². The topological polar surface area (TPSA) is 61.9 Å². The van der Waals surface area contributed by atoms with Gasteiger partial charge in [-0.25, -0.2) is 4.99 Å². The Balaban J connectivity index is 0.00000242. The molecule has 1 saturated heterocycles. The summed E-state index contributed by atoms with van der Waals surface area (Å²) >= 11 is 1.95. The van der Waals surface area contributed by atoms with Crippen LogP contribution in [-0.4, -0.2) is 60.4 Å². The van der Waals surface area contributed by atoms with E-state index in [9.17, 15) is 4.79 Å². The van der Waals surface area contributed by atoms with Gasteiger partial charge in [0.05, 0.1) is 6.54 Å². The van der Waals surface area contributed by atoms with Gasteiger partial charge < -0.3 is 15.5 Å². The molecule has 0 bridgehead atoms. The Labute approximate surface area is 153 Å². The summed E-state index contributed by atoms with van der Waals surface area (Å²) in [5, 5.41) is 0. The second kappa shape index (κ2) is 9.24. The zero-order valence-electron chi connectivity index (χ0n) is 13.0. The molecule has 0 unspecified atom stereocenters. The monoisotopic (exact) mass is 434 g/mol. The molecule has 1 heterocycles. The van der Waals surface area contributed by atoms with Gasteiger partial charge in [-0.3, -0.25) is 4.79 Å². The van der Waals surface area contributed by atoms with Crippen LogP contribution in [0.3, 0.4) is 0 Å². The number of carbonyl (C=O) groups excluding carboxylic acids is 1. The standard InChI is InChI=1S/C15H22N4OS.HI/c1-18(2)14(20)13-5-3-12(4-6-13)11-17-15(16)19-7-9-21-10-8-19;/h3-6H,7-11H2,1-2H3,(H2,16,17);1H. The number of rotatable bonds is 3. The number of halogens is 1. The number of carbonyl (C=O) groups is 1. The third-order valence-corrected chi connectivity index (χ3v) is 4.31. The Hall–Kier alpha value is -0.960. The highest BCUT2D eigenvalue weighted by atomic mass is 127. The Morgan fingerprint density at radius 3 is 2.41 bits per heavy atom. The Morgan fingerprint density at radius 1 is 1.27 bits per heavy atom. The van der Waals surface area contributed by atoms with Crippen LogP contribution in [0.5, 0.6) is 0 Å². The molecule has 122 valence electrons. The summed E-state index contributed by atoms with van der Waals surface area (Å²) in [4.78, 5) is 19.9. The van der Waals surface area contributed by atoms with Crippen molar-refractivity contribution >= 4 is 47.6 Å². The van der Waals surface area contributed by atoms with Gasteiger partial charge in [-0.1, -0.05) is 12.1 Å². The quantitative estimate of drug-likeness (QED) is 0.449. The molecule has 5 nitrogen and oxygen atoms in total. The highest BCUT2D eigenvalue weighted by Gasteiger charge is 2.12. The number of aliphatic imine (C=N–C) groups is 1. The van der Waals surface area contributed by atoms with Crippen LogP contribution >= 0.6 is 35.7 Å². The van der Waals surface area contributed by atoms with Gasteiger partial charge in [-0.15, -0.1) is 24.0 Å². The first-order valence-electron chi connectivity index (χ1n) is 7.01. The van der Waals surface area contributed by atoms with Crippen molar-refractivity contribution in [2.45, 2.75) is 6.54 Å². The summed E-state index contributed by atoms with van der Waals surface area (Å²) in [6.45, 7) is 2.48. The molecular formula is C15H23IN4OS. The fraction of sp³-hybridized carbons (Fsp3) is 0.467. The zero-order chi connectivity index (χ0) is 15.2. The van der Waals surface area contributed by atoms with Crippen molar-refractivity contribution in [2.75, 3.05) is 38.7 Å². The van der Waals surface area contributed by atoms with Crippen LogP contribution in [0.4, 0.5) is 0 Å². The van der Waals surface area contributed by atoms with Crippen molar-refractivity contribution in [3.05, 3.63) is 35.4 Å². The Kier molecular flexibility index (Phi) is 8.02. The fourth-order valence-corrected chi connectivity index (χ4v) is 2.98. The lowest BCUT2D eigenvalue weighted by atomic mass is 10.1. The summed E-state index contributed by atoms with van der Waals surface area (Å²) in [5.74, 6) is 2.84. The van der Waals surface area contributed by atoms with E-state index in [1.165, 1.54) is 0 Å². The van der Waals surface area contributed by atoms with E-state index >= 15 is 0 Å². The summed E-state index contributed by atoms with van der Waals surface area (Å²) in [5.41, 5.74) is 7.76. The largest absolute Gasteiger partial charge is 0.370 e. The van der Waals surface area contributed by atoms with Gasteiger partial charge in [0.25, 0.3) is 5.91 Å². The molecule has 7 heteroatoms. The van der Waals surface area contributed by atoms with E-state index in [2.05, 4.69) is 9.89 Å². The molecule has 0 radical (unpaired) electrons. The van der Waals surface area contributed by atoms with Crippen LogP contribution in [0.2, 0.25) is 0 Å². The lowest BCUT2D eigenvalue weighted by molar-refractivity contribution is 0.0827. The van der Waals surface area contributed by atoms with Gasteiger partial charge >= 0.3 is 0 Å². The molecule has 1 aromatic carbocycles. The van der Waals surface area contributed by atoms with Crippen molar-refractivity contribution in [3.8, 4) is 0 Å². The highest BCUT2D eigenvalue weighted by molar-refractivity contribution is 14.0. The van der Waals surface area contributed by atoms with Crippen molar-refractivity contribution in [1.29, 1.82) is 0 Å². The number of benzene rings is 1. The molecule has 1 fully saturated rings. The van der Waals surface area contributed by atoms with Crippen molar-refractivity contribution < 1.29 is 4.79 Å². The van der Waals surface area contributed by atoms with E-state index in [0.29, 0.717) is 18.1 Å². The van der Waals surface area contributed by atoms with Gasteiger partial charge in [-0.05, 0) is 17.7 Å². The molecule has 2 rings (SSSR count). The average molecular weight is 434 g/mol. The van der Waals surface area contributed by atoms with E-state index in [1.54, 1.807) is 19.0 Å². The average Bonchev–Trinajstić information content (AvgIpc) is 2.53. The number of thioether (sulfide) groups is 1. The van der Waals surface area contributed by atoms with Crippen LogP contribution in [0, 0.1) is 0 Å². The molecule has 1 amide bonds. The minimum Gasteiger partial charge on any atom is -0.370 e. The lowest BCUT2D eigenvalue weighted by Crippen LogP contribution is -2.42. The fourth-order valence-electron chi connectivity index (χ4n) is 2.08. The van der Waals surface area contributed by atoms with E-state index < -0.39 is 0 Å². The number of amides is 1. The molecule has 1 aliphatic heterocycles. The van der Waals surface area contributed by atoms with Gasteiger partial charge in [0.2, 0.25) is 0 Å². The Bertz CT molecular complexity index is 513. The maximum absolute atomic E-state index is 11.8. The maximum Gasteiger partial charge on any atom is 0.253 e. The number of hydrogen-bond acceptors (Lipinski definition) is 3. The Morgan fingerprint density at radius 2 is 1.86 bits per heavy atom. The SMILES string of the molecule is CN(C)C(=O)c1ccc(CN=C(N)N2CCSCC2)cc1.I. The molecule has 1 aromatic rings. The summed E-state index contributed by atoms with van der Waals surface area (Å²) in [7, 11) is 3.50. The van der Waals surface area contributed by atoms with Gasteiger partial charge in [-0.2, -0.15) is 11.8 Å². The first-order valence-corrected chi connectivity index (χ1v) is 8.16. The van der Waals surface area contributed by atoms with E-state index in [4.69, 9.17) is 5.73 Å². The molecule has 1 aliphatic rings. The third-order valence-electron chi connectivity index (χ3n) is 3.37. The van der Waals surface area contributed by atoms with Crippen molar-refractivity contribution in [3.63, 3.8) is 0 Å². The molecule has 2 N–H and O–H groups in total. The summed E-state index contributed by atoms with van der Waals surface area (Å²) in [6.07, 6.45) is 0. The van der Waals surface area contributed by atoms with Gasteiger partial charge in [0.15, 0.2) is 5.96 Å². The molecule has 22 heavy (non-hydrogen) atoms. The van der Waals surface area contributed by atoms with Crippen molar-refractivity contribution in [1.82, 2.24) is 9.80 Å². The van der Waals surface area contributed by atoms with Crippen LogP contribution in [0.1, 0.15) is 15.9 Å². The second-order valence-corrected chi connectivity index (χ2v) is 6.40. The predicted molar refractivity (Wildman–Crippen MR) is 104 cm³/mol. The second-order valence-electron chi connectivity index (χ2n) is 5.17. The molecular weight excluding hydrogens is 411 g/mol. The molecule has 0 aromatic heterocycles. The van der Waals surface area contributed by atoms with Gasteiger partial charge in [0, 0.05) is 44.3 Å². The first-order chi connectivity index (χ1) is 10.1. The number of guanidine groups is 1. The van der Waals surface area contributed by atoms with Crippen molar-refractivity contribution in [2.24, 2.45) is 10.7 Å². The minimum atomic E-state index is 0. The molecule has 0 saturated carbocycles. The van der Waals surface area contributed by atoms with Gasteiger partial charge in [0.1, 0.15) is 0 Å². The third kappa shape index (κ3) is 5.35. The number of nitrogens with zero attached hydrogens (tertiary/aromatic N) is 3. The minimum absolute atomic E-state index is 0. The van der Waals surface area contributed by atoms with Crippen LogP contribution in [0.15, 0.2) is 29.3 Å². The summed E-state index contributed by atoms with van der Waals surface area (Å²) in [6, 6.07) is 7.53. The van der Waals surface area contributed by atoms with E-state index in [-0.39, 0.29) is 29.9 Å². The van der Waals surface area contributed by atoms with Crippen LogP contribution in [0.25, 0.3) is 0 Å². The normalized spacial score (nSPS) is 15.2. The van der Waals surface area contributed by atoms with E-state index in [0.717, 1.165) is 30.2 Å². The number of nitrogens with two attached hydrogens (primary N) is 1. The molecule has 0 spiro atoms. The molecule has 0 aliphatic carbocycles. The zero-order valence-corrected chi connectivity index (χ0v) is 16.1. The maximum atomic E-state index is 11.8. The smallest absolute Gasteiger partial charge is 0.253 e. The highest BCUT2D eigenvalue weighted by Crippen LogP contribution is 2.10. The summed E-state index contributed by atoms with van der Waals surface area (Å²) < 4.78 is 0. The first kappa shape index (κ1) is 19.1. The van der Waals surface area contributed by atoms with E-state index in [1.807, 2.05) is 36.0 Å².